The number of carbonyl (C=O) groups excluding carboxylic acids is 2. The summed E-state index contributed by atoms with van der Waals surface area (Å²) in [6, 6.07) is 9.86. The van der Waals surface area contributed by atoms with Crippen LogP contribution in [0.1, 0.15) is 120 Å². The summed E-state index contributed by atoms with van der Waals surface area (Å²) >= 11 is 0. The number of aliphatic hydroxyl groups excluding tert-OH is 5. The molecule has 8 N–H and O–H groups in total. The number of phenolic OH excluding ortho intramolecular Hbond substituents is 1. The van der Waals surface area contributed by atoms with E-state index in [-0.39, 0.29) is 67.4 Å². The van der Waals surface area contributed by atoms with Crippen molar-refractivity contribution in [2.24, 2.45) is 17.8 Å². The second kappa shape index (κ2) is 24.1. The van der Waals surface area contributed by atoms with Crippen LogP contribution in [0.2, 0.25) is 0 Å². The second-order valence-corrected chi connectivity index (χ2v) is 18.5. The smallest absolute Gasteiger partial charge is 0.334 e. The number of fused-ring (bicyclic) bond motifs is 3. The first-order valence-electron chi connectivity index (χ1n) is 23.3. The molecule has 2 aromatic carbocycles. The third kappa shape index (κ3) is 13.6. The van der Waals surface area contributed by atoms with Gasteiger partial charge in [-0.15, -0.1) is 0 Å². The second-order valence-electron chi connectivity index (χ2n) is 18.5. The van der Waals surface area contributed by atoms with Crippen LogP contribution in [0.5, 0.6) is 11.5 Å². The standard InChI is InChI=1S/C50H73NO13/c1-6-7-32(10-17-38(55)16-8-30(2)3)12-19-44(57)62-47-45(58)46-41(51-28-31(4)54)20-22-50(60,64-46)48(47)63-49(59)37(24-34-11-18-42(56)43(26-34)61-5)27-40-36(29-53)15-14-35-13-9-33(21-23-52)25-39(35)40/h9,11,13,18,20,22,24-26,30-32,36,38,40-41,45-48,51-56,58,60H,6-8,10,12,14-17,19,21,23,27-29H2,1-5H3/b37-24+/t31-,32+,36-,38+,40-,41-,45-,46-,47+,48+,50+/m0/s1. The van der Waals surface area contributed by atoms with Crippen molar-refractivity contribution in [2.45, 2.75) is 159 Å². The van der Waals surface area contributed by atoms with Crippen molar-refractivity contribution < 1.29 is 64.3 Å². The molecule has 0 radical (unpaired) electrons. The molecule has 2 heterocycles. The van der Waals surface area contributed by atoms with E-state index in [1.807, 2.05) is 18.2 Å². The molecule has 0 unspecified atom stereocenters. The van der Waals surface area contributed by atoms with Crippen molar-refractivity contribution in [2.75, 3.05) is 26.9 Å². The average Bonchev–Trinajstić information content (AvgIpc) is 3.27. The fraction of sp³-hybridized carbons (Fsp3) is 0.640. The van der Waals surface area contributed by atoms with Gasteiger partial charge in [-0.1, -0.05) is 64.0 Å². The van der Waals surface area contributed by atoms with Crippen molar-refractivity contribution >= 4 is 18.0 Å². The predicted octanol–water partition coefficient (Wildman–Crippen LogP) is 5.00. The van der Waals surface area contributed by atoms with E-state index in [1.165, 1.54) is 19.3 Å². The molecule has 1 fully saturated rings. The van der Waals surface area contributed by atoms with Gasteiger partial charge in [0.25, 0.3) is 0 Å². The van der Waals surface area contributed by atoms with Crippen LogP contribution in [0.3, 0.4) is 0 Å². The van der Waals surface area contributed by atoms with Gasteiger partial charge in [0.15, 0.2) is 23.7 Å². The van der Waals surface area contributed by atoms with Gasteiger partial charge in [0, 0.05) is 31.8 Å². The molecule has 0 saturated carbocycles. The topological polar surface area (TPSA) is 225 Å². The lowest BCUT2D eigenvalue weighted by Crippen LogP contribution is -2.71. The van der Waals surface area contributed by atoms with Crippen molar-refractivity contribution in [3.05, 3.63) is 76.4 Å². The molecule has 0 amide bonds. The Morgan fingerprint density at radius 3 is 2.45 bits per heavy atom. The number of benzene rings is 2. The minimum Gasteiger partial charge on any atom is -0.504 e. The maximum absolute atomic E-state index is 14.8. The first-order valence-corrected chi connectivity index (χ1v) is 23.3. The highest BCUT2D eigenvalue weighted by molar-refractivity contribution is 5.94. The van der Waals surface area contributed by atoms with Crippen LogP contribution in [0.25, 0.3) is 6.08 Å². The highest BCUT2D eigenvalue weighted by atomic mass is 16.7. The van der Waals surface area contributed by atoms with Gasteiger partial charge in [0.1, 0.15) is 12.2 Å². The first kappa shape index (κ1) is 51.1. The minimum atomic E-state index is -2.35. The molecule has 0 aromatic heterocycles. The van der Waals surface area contributed by atoms with Crippen LogP contribution in [0.4, 0.5) is 0 Å². The van der Waals surface area contributed by atoms with E-state index in [2.05, 4.69) is 26.1 Å². The van der Waals surface area contributed by atoms with Crippen LogP contribution in [0.15, 0.2) is 54.1 Å². The zero-order valence-corrected chi connectivity index (χ0v) is 38.2. The van der Waals surface area contributed by atoms with Crippen molar-refractivity contribution in [3.8, 4) is 11.5 Å². The molecule has 3 aliphatic rings. The van der Waals surface area contributed by atoms with Crippen LogP contribution in [0, 0.1) is 17.8 Å². The fourth-order valence-corrected chi connectivity index (χ4v) is 9.38. The van der Waals surface area contributed by atoms with Gasteiger partial charge >= 0.3 is 11.9 Å². The summed E-state index contributed by atoms with van der Waals surface area (Å²) in [5.74, 6) is -3.85. The highest BCUT2D eigenvalue weighted by Gasteiger charge is 2.60. The zero-order valence-electron chi connectivity index (χ0n) is 38.2. The Morgan fingerprint density at radius 2 is 1.77 bits per heavy atom. The molecule has 11 atom stereocenters. The van der Waals surface area contributed by atoms with Gasteiger partial charge < -0.3 is 60.0 Å². The van der Waals surface area contributed by atoms with E-state index in [0.29, 0.717) is 50.0 Å². The van der Waals surface area contributed by atoms with Crippen molar-refractivity contribution in [1.82, 2.24) is 5.32 Å². The summed E-state index contributed by atoms with van der Waals surface area (Å²) < 4.78 is 23.7. The van der Waals surface area contributed by atoms with Crippen molar-refractivity contribution in [1.29, 1.82) is 0 Å². The van der Waals surface area contributed by atoms with Gasteiger partial charge in [-0.05, 0) is 135 Å². The van der Waals surface area contributed by atoms with E-state index in [4.69, 9.17) is 18.9 Å². The molecular weight excluding hydrogens is 823 g/mol. The number of hydrogen-bond donors (Lipinski definition) is 8. The Labute approximate surface area is 378 Å². The molecule has 14 heteroatoms. The number of carbonyl (C=O) groups is 2. The number of aryl methyl sites for hydroxylation is 1. The molecule has 1 saturated heterocycles. The molecule has 2 aromatic rings. The Kier molecular flexibility index (Phi) is 19.2. The van der Waals surface area contributed by atoms with Gasteiger partial charge in [0.2, 0.25) is 5.79 Å². The van der Waals surface area contributed by atoms with Gasteiger partial charge in [-0.3, -0.25) is 4.79 Å². The molecular formula is C50H73NO13. The lowest BCUT2D eigenvalue weighted by atomic mass is 9.72. The molecule has 14 nitrogen and oxygen atoms in total. The first-order chi connectivity index (χ1) is 30.6. The highest BCUT2D eigenvalue weighted by Crippen LogP contribution is 2.43. The maximum Gasteiger partial charge on any atom is 0.334 e. The third-order valence-electron chi connectivity index (χ3n) is 13.0. The number of rotatable bonds is 24. The summed E-state index contributed by atoms with van der Waals surface area (Å²) in [6.45, 7) is 7.83. The van der Waals surface area contributed by atoms with Crippen LogP contribution >= 0.6 is 0 Å². The van der Waals surface area contributed by atoms with Crippen LogP contribution in [-0.2, 0) is 36.6 Å². The van der Waals surface area contributed by atoms with Crippen molar-refractivity contribution in [3.63, 3.8) is 0 Å². The number of hydrogen-bond acceptors (Lipinski definition) is 14. The fourth-order valence-electron chi connectivity index (χ4n) is 9.38. The van der Waals surface area contributed by atoms with Gasteiger partial charge in [-0.25, -0.2) is 4.79 Å². The number of esters is 2. The number of aromatic hydroxyl groups is 1. The van der Waals surface area contributed by atoms with Crippen LogP contribution < -0.4 is 10.1 Å². The molecule has 356 valence electrons. The molecule has 2 aliphatic heterocycles. The average molecular weight is 896 g/mol. The number of nitrogens with one attached hydrogen (secondary N) is 1. The molecule has 64 heavy (non-hydrogen) atoms. The maximum atomic E-state index is 14.8. The summed E-state index contributed by atoms with van der Waals surface area (Å²) in [6.07, 6.45) is 4.23. The molecule has 2 bridgehead atoms. The zero-order chi connectivity index (χ0) is 46.6. The predicted molar refractivity (Wildman–Crippen MR) is 241 cm³/mol. The van der Waals surface area contributed by atoms with E-state index < -0.39 is 60.4 Å². The lowest BCUT2D eigenvalue weighted by molar-refractivity contribution is -0.333. The lowest BCUT2D eigenvalue weighted by Gasteiger charge is -2.51. The Bertz CT molecular complexity index is 1880. The third-order valence-corrected chi connectivity index (χ3v) is 13.0. The van der Waals surface area contributed by atoms with Gasteiger partial charge in [-0.2, -0.15) is 0 Å². The quantitative estimate of drug-likeness (QED) is 0.0395. The summed E-state index contributed by atoms with van der Waals surface area (Å²) in [5, 5.41) is 78.6. The monoisotopic (exact) mass is 896 g/mol. The summed E-state index contributed by atoms with van der Waals surface area (Å²) in [4.78, 5) is 28.7. The SMILES string of the molecule is CCC[C@@H](CCC(=O)O[C@@H]1[C@@H](O)[C@H]2O[C@](O)(C=C[C@@H]2NC[C@H](C)O)[C@@H]1OC(=O)/C(=C/c1ccc(O)c(OC)c1)C[C@@H]1c2cc(CCO)ccc2CC[C@H]1CO)CC[C@H](O)CCC(C)C. The number of phenols is 1. The number of ether oxygens (including phenoxy) is 4. The Morgan fingerprint density at radius 1 is 1.00 bits per heavy atom. The summed E-state index contributed by atoms with van der Waals surface area (Å²) in [5.41, 5.74) is 3.49. The number of methoxy groups -OCH3 is 1. The van der Waals surface area contributed by atoms with E-state index in [9.17, 15) is 45.3 Å². The largest absolute Gasteiger partial charge is 0.504 e. The van der Waals surface area contributed by atoms with Crippen LogP contribution in [-0.4, -0.2) is 123 Å². The summed E-state index contributed by atoms with van der Waals surface area (Å²) in [7, 11) is 1.40. The Balaban J connectivity index is 1.47. The minimum absolute atomic E-state index is 0.0180. The molecule has 5 rings (SSSR count). The number of aliphatic hydroxyl groups is 6. The normalized spacial score (nSPS) is 26.8. The molecule has 1 aliphatic carbocycles. The van der Waals surface area contributed by atoms with Gasteiger partial charge in [0.05, 0.1) is 25.4 Å². The van der Waals surface area contributed by atoms with E-state index in [1.54, 1.807) is 31.2 Å². The Hall–Kier alpha value is -3.86. The van der Waals surface area contributed by atoms with E-state index in [0.717, 1.165) is 42.4 Å². The van der Waals surface area contributed by atoms with E-state index >= 15 is 0 Å². The molecule has 0 spiro atoms.